The number of morpholine rings is 1. The molecule has 1 aliphatic carbocycles. The topological polar surface area (TPSA) is 76.9 Å². The Morgan fingerprint density at radius 2 is 1.83 bits per heavy atom. The monoisotopic (exact) mass is 488 g/mol. The Kier molecular flexibility index (Phi) is 6.35. The fourth-order valence-electron chi connectivity index (χ4n) is 6.18. The van der Waals surface area contributed by atoms with E-state index in [1.54, 1.807) is 6.07 Å². The number of rotatable bonds is 5. The van der Waals surface area contributed by atoms with Crippen LogP contribution < -0.4 is 9.64 Å². The predicted molar refractivity (Wildman–Crippen MR) is 137 cm³/mol. The second-order valence-corrected chi connectivity index (χ2v) is 9.92. The SMILES string of the molecule is O=COc1ccc2c(C3CCCCC3)c3n(c2n1)CCN(CC(=O)N1CCOCC1)c1ccccc1-3. The van der Waals surface area contributed by atoms with Gasteiger partial charge in [-0.25, -0.2) is 0 Å². The van der Waals surface area contributed by atoms with Crippen molar-refractivity contribution in [1.82, 2.24) is 14.5 Å². The number of carbonyl (C=O) groups is 2. The van der Waals surface area contributed by atoms with Crippen molar-refractivity contribution in [3.63, 3.8) is 0 Å². The van der Waals surface area contributed by atoms with E-state index < -0.39 is 0 Å². The van der Waals surface area contributed by atoms with Crippen molar-refractivity contribution in [3.05, 3.63) is 42.0 Å². The van der Waals surface area contributed by atoms with Gasteiger partial charge < -0.3 is 23.8 Å². The van der Waals surface area contributed by atoms with Gasteiger partial charge in [-0.1, -0.05) is 37.5 Å². The van der Waals surface area contributed by atoms with Crippen LogP contribution in [0.15, 0.2) is 36.4 Å². The summed E-state index contributed by atoms with van der Waals surface area (Å²) in [4.78, 5) is 33.1. The minimum atomic E-state index is 0.136. The second-order valence-electron chi connectivity index (χ2n) is 9.92. The zero-order valence-electron chi connectivity index (χ0n) is 20.5. The minimum Gasteiger partial charge on any atom is -0.410 e. The molecule has 3 aliphatic rings. The highest BCUT2D eigenvalue weighted by molar-refractivity contribution is 5.95. The van der Waals surface area contributed by atoms with Gasteiger partial charge in [0.05, 0.1) is 25.5 Å². The summed E-state index contributed by atoms with van der Waals surface area (Å²) >= 11 is 0. The van der Waals surface area contributed by atoms with Crippen LogP contribution in [0.4, 0.5) is 5.69 Å². The second kappa shape index (κ2) is 9.93. The smallest absolute Gasteiger partial charge is 0.299 e. The maximum atomic E-state index is 13.2. The number of amides is 1. The lowest BCUT2D eigenvalue weighted by molar-refractivity contribution is -0.133. The number of hydrogen-bond donors (Lipinski definition) is 0. The van der Waals surface area contributed by atoms with Crippen LogP contribution >= 0.6 is 0 Å². The lowest BCUT2D eigenvalue weighted by Crippen LogP contribution is -2.46. The molecule has 4 heterocycles. The van der Waals surface area contributed by atoms with Crippen molar-refractivity contribution in [2.75, 3.05) is 44.3 Å². The molecule has 2 aromatic heterocycles. The highest BCUT2D eigenvalue weighted by Gasteiger charge is 2.32. The van der Waals surface area contributed by atoms with Crippen LogP contribution in [0.1, 0.15) is 43.6 Å². The molecule has 3 aromatic rings. The average molecular weight is 489 g/mol. The molecule has 6 rings (SSSR count). The van der Waals surface area contributed by atoms with Crippen molar-refractivity contribution in [2.24, 2.45) is 0 Å². The maximum absolute atomic E-state index is 13.2. The lowest BCUT2D eigenvalue weighted by Gasteiger charge is -2.31. The Balaban J connectivity index is 1.46. The summed E-state index contributed by atoms with van der Waals surface area (Å²) < 4.78 is 12.8. The fourth-order valence-corrected chi connectivity index (χ4v) is 6.18. The Hall–Kier alpha value is -3.39. The molecule has 1 amide bonds. The zero-order chi connectivity index (χ0) is 24.5. The molecule has 1 aromatic carbocycles. The minimum absolute atomic E-state index is 0.136. The van der Waals surface area contributed by atoms with Gasteiger partial charge in [0.2, 0.25) is 11.8 Å². The third kappa shape index (κ3) is 4.13. The van der Waals surface area contributed by atoms with Crippen molar-refractivity contribution in [1.29, 1.82) is 0 Å². The van der Waals surface area contributed by atoms with Gasteiger partial charge in [-0.3, -0.25) is 9.59 Å². The molecule has 1 saturated carbocycles. The van der Waals surface area contributed by atoms with Crippen LogP contribution in [-0.2, 0) is 20.9 Å². The van der Waals surface area contributed by atoms with Crippen LogP contribution in [0.25, 0.3) is 22.3 Å². The number of ether oxygens (including phenoxy) is 2. The Bertz CT molecular complexity index is 1270. The average Bonchev–Trinajstić information content (AvgIpc) is 3.16. The molecule has 2 aliphatic heterocycles. The molecule has 1 saturated heterocycles. The molecule has 36 heavy (non-hydrogen) atoms. The van der Waals surface area contributed by atoms with Crippen LogP contribution in [0.2, 0.25) is 0 Å². The van der Waals surface area contributed by atoms with E-state index >= 15 is 0 Å². The number of aromatic nitrogens is 2. The van der Waals surface area contributed by atoms with Gasteiger partial charge in [-0.05, 0) is 36.5 Å². The van der Waals surface area contributed by atoms with Crippen molar-refractivity contribution >= 4 is 29.1 Å². The van der Waals surface area contributed by atoms with Gasteiger partial charge in [0, 0.05) is 48.9 Å². The first-order chi connectivity index (χ1) is 17.7. The van der Waals surface area contributed by atoms with Crippen LogP contribution in [0.5, 0.6) is 5.88 Å². The fraction of sp³-hybridized carbons (Fsp3) is 0.464. The highest BCUT2D eigenvalue weighted by atomic mass is 16.5. The summed E-state index contributed by atoms with van der Waals surface area (Å²) in [5.74, 6) is 0.911. The summed E-state index contributed by atoms with van der Waals surface area (Å²) in [6.45, 7) is 4.64. The molecule has 0 N–H and O–H groups in total. The van der Waals surface area contributed by atoms with Gasteiger partial charge in [0.15, 0.2) is 0 Å². The molecule has 8 heteroatoms. The highest BCUT2D eigenvalue weighted by Crippen LogP contribution is 2.47. The summed E-state index contributed by atoms with van der Waals surface area (Å²) in [5.41, 5.74) is 5.62. The molecule has 8 nitrogen and oxygen atoms in total. The molecule has 0 spiro atoms. The van der Waals surface area contributed by atoms with E-state index in [4.69, 9.17) is 14.5 Å². The molecule has 0 radical (unpaired) electrons. The number of benzene rings is 1. The van der Waals surface area contributed by atoms with Gasteiger partial charge >= 0.3 is 0 Å². The number of para-hydroxylation sites is 1. The van der Waals surface area contributed by atoms with E-state index in [-0.39, 0.29) is 5.91 Å². The van der Waals surface area contributed by atoms with Crippen molar-refractivity contribution < 1.29 is 19.1 Å². The first-order valence-electron chi connectivity index (χ1n) is 13.1. The number of nitrogens with zero attached hydrogens (tertiary/aromatic N) is 4. The van der Waals surface area contributed by atoms with E-state index in [1.807, 2.05) is 4.90 Å². The molecule has 0 atom stereocenters. The molecular weight excluding hydrogens is 456 g/mol. The molecule has 0 bridgehead atoms. The van der Waals surface area contributed by atoms with E-state index in [2.05, 4.69) is 39.8 Å². The van der Waals surface area contributed by atoms with Crippen molar-refractivity contribution in [2.45, 2.75) is 44.6 Å². The van der Waals surface area contributed by atoms with Crippen molar-refractivity contribution in [3.8, 4) is 17.1 Å². The third-order valence-electron chi connectivity index (χ3n) is 7.89. The van der Waals surface area contributed by atoms with Crippen LogP contribution in [-0.4, -0.2) is 66.2 Å². The van der Waals surface area contributed by atoms with E-state index in [9.17, 15) is 9.59 Å². The quantitative estimate of drug-likeness (QED) is 0.506. The summed E-state index contributed by atoms with van der Waals surface area (Å²) in [5, 5.41) is 1.14. The standard InChI is InChI=1S/C28H32N4O4/c33-19-36-24-11-10-22-26(20-6-2-1-3-7-20)27-21-8-4-5-9-23(21)31(12-13-32(27)28(22)29-24)18-25(34)30-14-16-35-17-15-30/h4-5,8-11,19-20H,1-3,6-7,12-18H2. The number of anilines is 1. The molecular formula is C28H32N4O4. The predicted octanol–water partition coefficient (Wildman–Crippen LogP) is 3.97. The van der Waals surface area contributed by atoms with Gasteiger partial charge in [-0.2, -0.15) is 4.98 Å². The van der Waals surface area contributed by atoms with Crippen LogP contribution in [0.3, 0.4) is 0 Å². The molecule has 0 unspecified atom stereocenters. The lowest BCUT2D eigenvalue weighted by atomic mass is 9.82. The van der Waals surface area contributed by atoms with Gasteiger partial charge in [0.25, 0.3) is 6.47 Å². The summed E-state index contributed by atoms with van der Waals surface area (Å²) in [6.07, 6.45) is 6.09. The van der Waals surface area contributed by atoms with Gasteiger partial charge in [-0.15, -0.1) is 0 Å². The largest absolute Gasteiger partial charge is 0.410 e. The summed E-state index contributed by atoms with van der Waals surface area (Å²) in [7, 11) is 0. The number of carbonyl (C=O) groups excluding carboxylic acids is 2. The molecule has 188 valence electrons. The zero-order valence-corrected chi connectivity index (χ0v) is 20.5. The Labute approximate surface area is 210 Å². The summed E-state index contributed by atoms with van der Waals surface area (Å²) in [6, 6.07) is 12.3. The number of pyridine rings is 1. The van der Waals surface area contributed by atoms with Gasteiger partial charge in [0.1, 0.15) is 5.65 Å². The number of fused-ring (bicyclic) bond motifs is 5. The Morgan fingerprint density at radius 1 is 1.03 bits per heavy atom. The number of hydrogen-bond acceptors (Lipinski definition) is 6. The first kappa shape index (κ1) is 23.0. The van der Waals surface area contributed by atoms with E-state index in [1.165, 1.54) is 43.4 Å². The van der Waals surface area contributed by atoms with Crippen LogP contribution in [0, 0.1) is 0 Å². The third-order valence-corrected chi connectivity index (χ3v) is 7.89. The normalized spacial score (nSPS) is 18.4. The first-order valence-corrected chi connectivity index (χ1v) is 13.1. The molecule has 2 fully saturated rings. The Morgan fingerprint density at radius 3 is 2.64 bits per heavy atom. The van der Waals surface area contributed by atoms with E-state index in [0.29, 0.717) is 64.2 Å². The maximum Gasteiger partial charge on any atom is 0.299 e. The van der Waals surface area contributed by atoms with E-state index in [0.717, 1.165) is 22.3 Å².